The number of ketones is 1. The van der Waals surface area contributed by atoms with E-state index in [0.717, 1.165) is 26.9 Å². The van der Waals surface area contributed by atoms with Crippen molar-refractivity contribution in [2.75, 3.05) is 6.54 Å². The number of para-hydroxylation sites is 1. The molecule has 0 radical (unpaired) electrons. The molecule has 0 bridgehead atoms. The Bertz CT molecular complexity index is 1460. The molecule has 0 saturated carbocycles. The van der Waals surface area contributed by atoms with Gasteiger partial charge in [-0.1, -0.05) is 18.2 Å². The van der Waals surface area contributed by atoms with Crippen molar-refractivity contribution in [1.82, 2.24) is 9.88 Å². The number of nitrogens with zero attached hydrogens (tertiary/aromatic N) is 1. The molecule has 2 aromatic carbocycles. The summed E-state index contributed by atoms with van der Waals surface area (Å²) in [6.07, 6.45) is 2.56. The number of rotatable bonds is 7. The number of aliphatic hydroxyl groups excluding tert-OH is 1. The molecule has 4 aromatic rings. The number of aromatic nitrogens is 1. The summed E-state index contributed by atoms with van der Waals surface area (Å²) in [5.41, 5.74) is 3.69. The highest BCUT2D eigenvalue weighted by Crippen LogP contribution is 2.42. The number of thiophene rings is 1. The minimum absolute atomic E-state index is 0.0220. The van der Waals surface area contributed by atoms with Crippen LogP contribution in [0.5, 0.6) is 5.75 Å². The number of ether oxygens (including phenoxy) is 1. The Morgan fingerprint density at radius 1 is 1.11 bits per heavy atom. The lowest BCUT2D eigenvalue weighted by atomic mass is 9.98. The molecule has 1 unspecified atom stereocenters. The average molecular weight is 501 g/mol. The van der Waals surface area contributed by atoms with Gasteiger partial charge in [0, 0.05) is 34.1 Å². The number of fused-ring (bicyclic) bond motifs is 1. The molecule has 5 rings (SSSR count). The fourth-order valence-corrected chi connectivity index (χ4v) is 5.79. The van der Waals surface area contributed by atoms with E-state index in [-0.39, 0.29) is 17.4 Å². The van der Waals surface area contributed by atoms with Crippen LogP contribution in [0.3, 0.4) is 0 Å². The van der Waals surface area contributed by atoms with Crippen LogP contribution >= 0.6 is 11.3 Å². The number of benzene rings is 2. The molecule has 1 aliphatic heterocycles. The lowest BCUT2D eigenvalue weighted by Crippen LogP contribution is -2.31. The first-order chi connectivity index (χ1) is 17.3. The van der Waals surface area contributed by atoms with Crippen LogP contribution in [0, 0.1) is 6.92 Å². The number of carbonyl (C=O) groups is 2. The smallest absolute Gasteiger partial charge is 0.295 e. The molecule has 1 aliphatic rings. The molecule has 6 nitrogen and oxygen atoms in total. The van der Waals surface area contributed by atoms with Crippen LogP contribution in [0.15, 0.2) is 71.7 Å². The second kappa shape index (κ2) is 9.66. The number of Topliss-reactive ketones (excluding diaryl/α,β-unsaturated/α-hetero) is 1. The van der Waals surface area contributed by atoms with Gasteiger partial charge in [-0.3, -0.25) is 9.59 Å². The van der Waals surface area contributed by atoms with Gasteiger partial charge in [0.2, 0.25) is 0 Å². The molecule has 0 aliphatic carbocycles. The van der Waals surface area contributed by atoms with E-state index < -0.39 is 17.7 Å². The minimum Gasteiger partial charge on any atom is -0.507 e. The van der Waals surface area contributed by atoms with Crippen LogP contribution in [0.25, 0.3) is 16.7 Å². The van der Waals surface area contributed by atoms with E-state index in [4.69, 9.17) is 4.74 Å². The number of H-pyrrole nitrogens is 1. The molecule has 1 amide bonds. The number of amides is 1. The number of carbonyl (C=O) groups excluding carboxylic acids is 2. The summed E-state index contributed by atoms with van der Waals surface area (Å²) in [5, 5.41) is 14.3. The van der Waals surface area contributed by atoms with E-state index in [0.29, 0.717) is 24.3 Å². The molecule has 3 heterocycles. The van der Waals surface area contributed by atoms with E-state index in [1.807, 2.05) is 62.7 Å². The van der Waals surface area contributed by atoms with Crippen molar-refractivity contribution in [3.63, 3.8) is 0 Å². The molecule has 2 N–H and O–H groups in total. The Hall–Kier alpha value is -3.84. The highest BCUT2D eigenvalue weighted by Gasteiger charge is 2.46. The summed E-state index contributed by atoms with van der Waals surface area (Å²) in [6, 6.07) is 16.3. The molecule has 36 heavy (non-hydrogen) atoms. The lowest BCUT2D eigenvalue weighted by molar-refractivity contribution is -0.139. The van der Waals surface area contributed by atoms with Crippen molar-refractivity contribution in [2.24, 2.45) is 0 Å². The van der Waals surface area contributed by atoms with Crippen LogP contribution < -0.4 is 4.74 Å². The van der Waals surface area contributed by atoms with Crippen LogP contribution in [0.1, 0.15) is 41.5 Å². The third-order valence-electron chi connectivity index (χ3n) is 6.49. The molecule has 7 heteroatoms. The Balaban J connectivity index is 1.52. The number of hydrogen-bond acceptors (Lipinski definition) is 5. The van der Waals surface area contributed by atoms with Gasteiger partial charge in [0.1, 0.15) is 11.5 Å². The van der Waals surface area contributed by atoms with Gasteiger partial charge >= 0.3 is 0 Å². The van der Waals surface area contributed by atoms with E-state index in [1.165, 1.54) is 11.3 Å². The van der Waals surface area contributed by atoms with Crippen molar-refractivity contribution >= 4 is 39.7 Å². The van der Waals surface area contributed by atoms with Crippen LogP contribution in [-0.4, -0.2) is 39.3 Å². The fraction of sp³-hybridized carbons (Fsp3) is 0.241. The lowest BCUT2D eigenvalue weighted by Gasteiger charge is -2.25. The first-order valence-corrected chi connectivity index (χ1v) is 12.9. The highest BCUT2D eigenvalue weighted by atomic mass is 32.1. The quantitative estimate of drug-likeness (QED) is 0.186. The first-order valence-electron chi connectivity index (χ1n) is 12.0. The second-order valence-electron chi connectivity index (χ2n) is 9.26. The zero-order chi connectivity index (χ0) is 25.4. The summed E-state index contributed by atoms with van der Waals surface area (Å²) in [5.74, 6) is -0.746. The third kappa shape index (κ3) is 4.31. The summed E-state index contributed by atoms with van der Waals surface area (Å²) in [6.45, 7) is 6.19. The molecule has 1 saturated heterocycles. The standard InChI is InChI=1S/C29H28N2O4S/c1-17(2)35-21-10-8-19(9-11-21)26(32)24-25(28-18(3)13-15-36-28)31(29(34)27(24)33)14-12-20-16-30-23-7-5-4-6-22(20)23/h4-11,13,15-17,25,30,32H,12,14H2,1-3H3/b26-24-. The van der Waals surface area contributed by atoms with Gasteiger partial charge in [0.05, 0.1) is 17.7 Å². The predicted molar refractivity (Wildman–Crippen MR) is 142 cm³/mol. The zero-order valence-corrected chi connectivity index (χ0v) is 21.3. The van der Waals surface area contributed by atoms with Gasteiger partial charge in [-0.15, -0.1) is 11.3 Å². The van der Waals surface area contributed by atoms with Gasteiger partial charge in [0.15, 0.2) is 0 Å². The number of aromatic amines is 1. The van der Waals surface area contributed by atoms with E-state index in [1.54, 1.807) is 29.2 Å². The summed E-state index contributed by atoms with van der Waals surface area (Å²) in [7, 11) is 0. The number of likely N-dealkylation sites (tertiary alicyclic amines) is 1. The Morgan fingerprint density at radius 2 is 1.86 bits per heavy atom. The van der Waals surface area contributed by atoms with Crippen molar-refractivity contribution in [3.05, 3.63) is 93.3 Å². The molecule has 0 spiro atoms. The number of aryl methyl sites for hydroxylation is 1. The topological polar surface area (TPSA) is 82.6 Å². The molecular weight excluding hydrogens is 472 g/mol. The number of hydrogen-bond donors (Lipinski definition) is 2. The molecule has 1 fully saturated rings. The van der Waals surface area contributed by atoms with Gasteiger partial charge in [-0.2, -0.15) is 0 Å². The van der Waals surface area contributed by atoms with E-state index >= 15 is 0 Å². The Kier molecular flexibility index (Phi) is 6.41. The third-order valence-corrected chi connectivity index (χ3v) is 7.56. The largest absolute Gasteiger partial charge is 0.507 e. The zero-order valence-electron chi connectivity index (χ0n) is 20.4. The van der Waals surface area contributed by atoms with Crippen molar-refractivity contribution < 1.29 is 19.4 Å². The maximum Gasteiger partial charge on any atom is 0.295 e. The van der Waals surface area contributed by atoms with Crippen molar-refractivity contribution in [3.8, 4) is 5.75 Å². The number of aliphatic hydroxyl groups is 1. The SMILES string of the molecule is Cc1ccsc1C1/C(=C(/O)c2ccc(OC(C)C)cc2)C(=O)C(=O)N1CCc1c[nH]c2ccccc12. The maximum absolute atomic E-state index is 13.3. The predicted octanol–water partition coefficient (Wildman–Crippen LogP) is 5.99. The first kappa shape index (κ1) is 23.9. The fourth-order valence-electron chi connectivity index (χ4n) is 4.75. The summed E-state index contributed by atoms with van der Waals surface area (Å²) < 4.78 is 5.70. The van der Waals surface area contributed by atoms with Gasteiger partial charge < -0.3 is 19.7 Å². The van der Waals surface area contributed by atoms with Gasteiger partial charge in [0.25, 0.3) is 11.7 Å². The minimum atomic E-state index is -0.660. The normalized spacial score (nSPS) is 17.4. The summed E-state index contributed by atoms with van der Waals surface area (Å²) >= 11 is 1.49. The van der Waals surface area contributed by atoms with Crippen LogP contribution in [0.4, 0.5) is 0 Å². The number of nitrogens with one attached hydrogen (secondary N) is 1. The molecule has 184 valence electrons. The van der Waals surface area contributed by atoms with Crippen molar-refractivity contribution in [2.45, 2.75) is 39.3 Å². The highest BCUT2D eigenvalue weighted by molar-refractivity contribution is 7.10. The summed E-state index contributed by atoms with van der Waals surface area (Å²) in [4.78, 5) is 32.3. The molecular formula is C29H28N2O4S. The Morgan fingerprint density at radius 3 is 2.56 bits per heavy atom. The van der Waals surface area contributed by atoms with Crippen LogP contribution in [-0.2, 0) is 16.0 Å². The second-order valence-corrected chi connectivity index (χ2v) is 10.2. The molecule has 1 atom stereocenters. The average Bonchev–Trinajstić information content (AvgIpc) is 3.54. The van der Waals surface area contributed by atoms with Crippen LogP contribution in [0.2, 0.25) is 0 Å². The maximum atomic E-state index is 13.3. The van der Waals surface area contributed by atoms with Gasteiger partial charge in [-0.05, 0) is 80.1 Å². The van der Waals surface area contributed by atoms with Crippen molar-refractivity contribution in [1.29, 1.82) is 0 Å². The molecule has 2 aromatic heterocycles. The van der Waals surface area contributed by atoms with E-state index in [2.05, 4.69) is 4.98 Å². The monoisotopic (exact) mass is 500 g/mol. The Labute approximate surface area is 213 Å². The van der Waals surface area contributed by atoms with E-state index in [9.17, 15) is 14.7 Å². The van der Waals surface area contributed by atoms with Gasteiger partial charge in [-0.25, -0.2) is 0 Å².